The van der Waals surface area contributed by atoms with Crippen LogP contribution in [0.4, 0.5) is 4.39 Å². The van der Waals surface area contributed by atoms with E-state index in [9.17, 15) is 4.39 Å². The van der Waals surface area contributed by atoms with Gasteiger partial charge >= 0.3 is 0 Å². The highest BCUT2D eigenvalue weighted by atomic mass is 19.1. The monoisotopic (exact) mass is 195 g/mol. The summed E-state index contributed by atoms with van der Waals surface area (Å²) in [4.78, 5) is 0. The highest BCUT2D eigenvalue weighted by Crippen LogP contribution is 2.39. The molecular weight excluding hydrogens is 181 g/mol. The fraction of sp³-hybridized carbons (Fsp3) is 0.455. The van der Waals surface area contributed by atoms with E-state index in [0.29, 0.717) is 5.56 Å². The van der Waals surface area contributed by atoms with Gasteiger partial charge in [-0.15, -0.1) is 0 Å². The third kappa shape index (κ3) is 1.42. The zero-order chi connectivity index (χ0) is 10.2. The molecule has 3 N–H and O–H groups in total. The van der Waals surface area contributed by atoms with Gasteiger partial charge in [-0.1, -0.05) is 6.07 Å². The molecule has 0 bridgehead atoms. The molecule has 0 aromatic heterocycles. The van der Waals surface area contributed by atoms with E-state index in [-0.39, 0.29) is 12.4 Å². The van der Waals surface area contributed by atoms with Crippen LogP contribution in [-0.4, -0.2) is 5.11 Å². The summed E-state index contributed by atoms with van der Waals surface area (Å²) in [5.41, 5.74) is 6.81. The molecule has 2 rings (SSSR count). The summed E-state index contributed by atoms with van der Waals surface area (Å²) < 4.78 is 13.5. The quantitative estimate of drug-likeness (QED) is 0.753. The topological polar surface area (TPSA) is 46.2 Å². The van der Waals surface area contributed by atoms with Gasteiger partial charge in [0.1, 0.15) is 5.82 Å². The van der Waals surface area contributed by atoms with Crippen molar-refractivity contribution in [2.75, 3.05) is 0 Å². The van der Waals surface area contributed by atoms with Crippen molar-refractivity contribution in [1.29, 1.82) is 0 Å². The molecule has 0 amide bonds. The fourth-order valence-corrected chi connectivity index (χ4v) is 1.88. The minimum atomic E-state index is -0.491. The van der Waals surface area contributed by atoms with Crippen LogP contribution in [0, 0.1) is 5.82 Å². The summed E-state index contributed by atoms with van der Waals surface area (Å²) >= 11 is 0. The lowest BCUT2D eigenvalue weighted by atomic mass is 9.72. The van der Waals surface area contributed by atoms with Crippen LogP contribution >= 0.6 is 0 Å². The second kappa shape index (κ2) is 3.33. The average molecular weight is 195 g/mol. The van der Waals surface area contributed by atoms with Crippen LogP contribution in [0.2, 0.25) is 0 Å². The SMILES string of the molecule is NC1(c2cc(CO)ccc2F)CCC1. The summed E-state index contributed by atoms with van der Waals surface area (Å²) in [6, 6.07) is 4.64. The minimum absolute atomic E-state index is 0.0661. The number of hydrogen-bond acceptors (Lipinski definition) is 2. The van der Waals surface area contributed by atoms with Gasteiger partial charge in [0.25, 0.3) is 0 Å². The zero-order valence-corrected chi connectivity index (χ0v) is 7.96. The molecule has 1 aliphatic carbocycles. The average Bonchev–Trinajstić information content (AvgIpc) is 2.15. The van der Waals surface area contributed by atoms with Crippen LogP contribution in [-0.2, 0) is 12.1 Å². The third-order valence-electron chi connectivity index (χ3n) is 3.00. The fourth-order valence-electron chi connectivity index (χ4n) is 1.88. The van der Waals surface area contributed by atoms with Gasteiger partial charge in [-0.25, -0.2) is 4.39 Å². The van der Waals surface area contributed by atoms with Gasteiger partial charge in [0.05, 0.1) is 6.61 Å². The van der Waals surface area contributed by atoms with E-state index in [1.807, 2.05) is 0 Å². The summed E-state index contributed by atoms with van der Waals surface area (Å²) in [5.74, 6) is -0.260. The molecule has 2 nitrogen and oxygen atoms in total. The highest BCUT2D eigenvalue weighted by Gasteiger charge is 2.36. The molecule has 0 spiro atoms. The van der Waals surface area contributed by atoms with Gasteiger partial charge in [-0.3, -0.25) is 0 Å². The third-order valence-corrected chi connectivity index (χ3v) is 3.00. The van der Waals surface area contributed by atoms with Crippen LogP contribution < -0.4 is 5.73 Å². The number of hydrogen-bond donors (Lipinski definition) is 2. The maximum Gasteiger partial charge on any atom is 0.128 e. The molecule has 1 aliphatic rings. The number of rotatable bonds is 2. The molecule has 1 fully saturated rings. The normalized spacial score (nSPS) is 19.1. The van der Waals surface area contributed by atoms with Crippen LogP contribution in [0.15, 0.2) is 18.2 Å². The van der Waals surface area contributed by atoms with E-state index in [0.717, 1.165) is 24.8 Å². The van der Waals surface area contributed by atoms with Crippen LogP contribution in [0.3, 0.4) is 0 Å². The molecule has 0 atom stereocenters. The number of aliphatic hydroxyl groups is 1. The Morgan fingerprint density at radius 3 is 2.64 bits per heavy atom. The van der Waals surface area contributed by atoms with Crippen LogP contribution in [0.5, 0.6) is 0 Å². The van der Waals surface area contributed by atoms with Crippen molar-refractivity contribution in [2.45, 2.75) is 31.4 Å². The Hall–Kier alpha value is -0.930. The molecule has 0 unspecified atom stereocenters. The molecular formula is C11H14FNO. The summed E-state index contributed by atoms with van der Waals surface area (Å²) in [7, 11) is 0. The van der Waals surface area contributed by atoms with Crippen molar-refractivity contribution >= 4 is 0 Å². The zero-order valence-electron chi connectivity index (χ0n) is 7.96. The number of aliphatic hydroxyl groups excluding tert-OH is 1. The number of nitrogens with two attached hydrogens (primary N) is 1. The lowest BCUT2D eigenvalue weighted by Gasteiger charge is -2.38. The predicted octanol–water partition coefficient (Wildman–Crippen LogP) is 1.66. The molecule has 3 heteroatoms. The second-order valence-corrected chi connectivity index (χ2v) is 3.98. The molecule has 0 aliphatic heterocycles. The van der Waals surface area contributed by atoms with Crippen molar-refractivity contribution < 1.29 is 9.50 Å². The Kier molecular flexibility index (Phi) is 2.29. The Bertz CT molecular complexity index is 347. The van der Waals surface area contributed by atoms with Crippen molar-refractivity contribution in [3.05, 3.63) is 35.1 Å². The first-order valence-corrected chi connectivity index (χ1v) is 4.84. The van der Waals surface area contributed by atoms with Gasteiger partial charge in [-0.2, -0.15) is 0 Å². The minimum Gasteiger partial charge on any atom is -0.392 e. The van der Waals surface area contributed by atoms with E-state index < -0.39 is 5.54 Å². The molecule has 0 saturated heterocycles. The first-order valence-electron chi connectivity index (χ1n) is 4.84. The van der Waals surface area contributed by atoms with Gasteiger partial charge in [-0.05, 0) is 37.0 Å². The maximum absolute atomic E-state index is 13.5. The Labute approximate surface area is 82.5 Å². The highest BCUT2D eigenvalue weighted by molar-refractivity contribution is 5.32. The van der Waals surface area contributed by atoms with Gasteiger partial charge < -0.3 is 10.8 Å². The van der Waals surface area contributed by atoms with E-state index in [1.165, 1.54) is 6.07 Å². The molecule has 1 aromatic rings. The van der Waals surface area contributed by atoms with E-state index in [4.69, 9.17) is 10.8 Å². The largest absolute Gasteiger partial charge is 0.392 e. The Morgan fingerprint density at radius 2 is 2.14 bits per heavy atom. The van der Waals surface area contributed by atoms with Crippen molar-refractivity contribution in [3.63, 3.8) is 0 Å². The van der Waals surface area contributed by atoms with E-state index in [2.05, 4.69) is 0 Å². The first kappa shape index (κ1) is 9.62. The number of halogens is 1. The van der Waals surface area contributed by atoms with E-state index in [1.54, 1.807) is 12.1 Å². The van der Waals surface area contributed by atoms with Gasteiger partial charge in [0.15, 0.2) is 0 Å². The van der Waals surface area contributed by atoms with E-state index >= 15 is 0 Å². The Morgan fingerprint density at radius 1 is 1.43 bits per heavy atom. The number of benzene rings is 1. The molecule has 1 aromatic carbocycles. The lowest BCUT2D eigenvalue weighted by molar-refractivity contribution is 0.243. The van der Waals surface area contributed by atoms with Crippen LogP contribution in [0.1, 0.15) is 30.4 Å². The summed E-state index contributed by atoms with van der Waals surface area (Å²) in [6.07, 6.45) is 2.72. The second-order valence-electron chi connectivity index (χ2n) is 3.98. The first-order chi connectivity index (χ1) is 6.65. The van der Waals surface area contributed by atoms with Crippen LogP contribution in [0.25, 0.3) is 0 Å². The van der Waals surface area contributed by atoms with Gasteiger partial charge in [0.2, 0.25) is 0 Å². The molecule has 1 saturated carbocycles. The standard InChI is InChI=1S/C11H14FNO/c12-10-3-2-8(7-14)6-9(10)11(13)4-1-5-11/h2-3,6,14H,1,4-5,7,13H2. The van der Waals surface area contributed by atoms with Crippen molar-refractivity contribution in [1.82, 2.24) is 0 Å². The smallest absolute Gasteiger partial charge is 0.128 e. The van der Waals surface area contributed by atoms with Crippen molar-refractivity contribution in [3.8, 4) is 0 Å². The predicted molar refractivity (Wildman–Crippen MR) is 52.0 cm³/mol. The lowest BCUT2D eigenvalue weighted by Crippen LogP contribution is -2.44. The summed E-state index contributed by atoms with van der Waals surface area (Å²) in [6.45, 7) is -0.0661. The molecule has 0 radical (unpaired) electrons. The Balaban J connectivity index is 2.40. The maximum atomic E-state index is 13.5. The summed E-state index contributed by atoms with van der Waals surface area (Å²) in [5, 5.41) is 8.95. The van der Waals surface area contributed by atoms with Crippen molar-refractivity contribution in [2.24, 2.45) is 5.73 Å². The molecule has 76 valence electrons. The molecule has 14 heavy (non-hydrogen) atoms. The van der Waals surface area contributed by atoms with Gasteiger partial charge in [0, 0.05) is 11.1 Å². The molecule has 0 heterocycles.